The zero-order valence-electron chi connectivity index (χ0n) is 12.9. The molecule has 0 amide bonds. The van der Waals surface area contributed by atoms with Crippen molar-refractivity contribution in [2.45, 2.75) is 19.5 Å². The molecule has 0 radical (unpaired) electrons. The molecule has 2 aromatic rings. The molecule has 114 valence electrons. The molecule has 5 nitrogen and oxygen atoms in total. The molecule has 0 saturated heterocycles. The number of para-hydroxylation sites is 1. The van der Waals surface area contributed by atoms with Gasteiger partial charge in [0.2, 0.25) is 0 Å². The molecule has 0 spiro atoms. The summed E-state index contributed by atoms with van der Waals surface area (Å²) in [4.78, 5) is 19.0. The summed E-state index contributed by atoms with van der Waals surface area (Å²) >= 11 is 0. The third kappa shape index (κ3) is 3.57. The lowest BCUT2D eigenvalue weighted by molar-refractivity contribution is 0.258. The van der Waals surface area contributed by atoms with Crippen LogP contribution < -0.4 is 5.56 Å². The Morgan fingerprint density at radius 2 is 2.05 bits per heavy atom. The van der Waals surface area contributed by atoms with Gasteiger partial charge in [-0.1, -0.05) is 12.1 Å². The van der Waals surface area contributed by atoms with Gasteiger partial charge < -0.3 is 0 Å². The molecule has 0 bridgehead atoms. The smallest absolute Gasteiger partial charge is 0.261 e. The van der Waals surface area contributed by atoms with Gasteiger partial charge >= 0.3 is 0 Å². The molecular formula is C15H21N3O2S. The van der Waals surface area contributed by atoms with Crippen LogP contribution in [0.4, 0.5) is 0 Å². The molecule has 0 aliphatic rings. The van der Waals surface area contributed by atoms with Crippen LogP contribution in [-0.2, 0) is 24.4 Å². The van der Waals surface area contributed by atoms with E-state index < -0.39 is 10.8 Å². The molecule has 0 aliphatic carbocycles. The van der Waals surface area contributed by atoms with Gasteiger partial charge in [-0.05, 0) is 26.1 Å². The standard InChI is InChI=1S/C15H21N3O2S/c1-11(10-21(4)20)17(2)9-14-16-13-8-6-5-7-12(13)15(19)18(14)3/h5-8,11H,9-10H2,1-4H3. The minimum Gasteiger partial charge on any atom is -0.298 e. The van der Waals surface area contributed by atoms with Crippen LogP contribution >= 0.6 is 0 Å². The predicted octanol–water partition coefficient (Wildman–Crippen LogP) is 1.13. The fourth-order valence-corrected chi connectivity index (χ4v) is 3.18. The summed E-state index contributed by atoms with van der Waals surface area (Å²) in [6.07, 6.45) is 1.70. The first kappa shape index (κ1) is 15.9. The van der Waals surface area contributed by atoms with E-state index in [0.717, 1.165) is 11.3 Å². The first-order valence-corrected chi connectivity index (χ1v) is 8.57. The van der Waals surface area contributed by atoms with E-state index in [4.69, 9.17) is 0 Å². The number of hydrogen-bond acceptors (Lipinski definition) is 4. The lowest BCUT2D eigenvalue weighted by Gasteiger charge is -2.24. The molecule has 0 N–H and O–H groups in total. The quantitative estimate of drug-likeness (QED) is 0.831. The van der Waals surface area contributed by atoms with Crippen LogP contribution in [0.15, 0.2) is 29.1 Å². The van der Waals surface area contributed by atoms with Crippen LogP contribution in [0.1, 0.15) is 12.7 Å². The van der Waals surface area contributed by atoms with Crippen molar-refractivity contribution in [3.8, 4) is 0 Å². The molecular weight excluding hydrogens is 286 g/mol. The Morgan fingerprint density at radius 3 is 2.71 bits per heavy atom. The second-order valence-electron chi connectivity index (χ2n) is 5.41. The van der Waals surface area contributed by atoms with Crippen molar-refractivity contribution in [2.75, 3.05) is 19.1 Å². The highest BCUT2D eigenvalue weighted by Gasteiger charge is 2.15. The van der Waals surface area contributed by atoms with E-state index >= 15 is 0 Å². The van der Waals surface area contributed by atoms with Crippen molar-refractivity contribution < 1.29 is 4.21 Å². The molecule has 1 aromatic heterocycles. The maximum Gasteiger partial charge on any atom is 0.261 e. The van der Waals surface area contributed by atoms with Crippen molar-refractivity contribution in [1.82, 2.24) is 14.5 Å². The van der Waals surface area contributed by atoms with E-state index in [1.54, 1.807) is 23.9 Å². The van der Waals surface area contributed by atoms with Crippen LogP contribution in [0, 0.1) is 0 Å². The van der Waals surface area contributed by atoms with Gasteiger partial charge in [0.15, 0.2) is 0 Å². The molecule has 2 rings (SSSR count). The van der Waals surface area contributed by atoms with Crippen LogP contribution in [-0.4, -0.2) is 43.8 Å². The molecule has 21 heavy (non-hydrogen) atoms. The van der Waals surface area contributed by atoms with Crippen molar-refractivity contribution >= 4 is 21.7 Å². The maximum atomic E-state index is 12.3. The Morgan fingerprint density at radius 1 is 1.38 bits per heavy atom. The first-order chi connectivity index (χ1) is 9.90. The summed E-state index contributed by atoms with van der Waals surface area (Å²) in [6, 6.07) is 7.53. The summed E-state index contributed by atoms with van der Waals surface area (Å²) in [5.41, 5.74) is 0.687. The number of benzene rings is 1. The highest BCUT2D eigenvalue weighted by atomic mass is 32.2. The Balaban J connectivity index is 2.32. The van der Waals surface area contributed by atoms with E-state index in [-0.39, 0.29) is 11.6 Å². The van der Waals surface area contributed by atoms with Crippen LogP contribution in [0.2, 0.25) is 0 Å². The molecule has 1 aromatic carbocycles. The summed E-state index contributed by atoms with van der Waals surface area (Å²) in [7, 11) is 2.86. The Labute approximate surface area is 127 Å². The van der Waals surface area contributed by atoms with E-state index in [9.17, 15) is 9.00 Å². The van der Waals surface area contributed by atoms with E-state index in [2.05, 4.69) is 9.88 Å². The monoisotopic (exact) mass is 307 g/mol. The summed E-state index contributed by atoms with van der Waals surface area (Å²) < 4.78 is 12.9. The van der Waals surface area contributed by atoms with Gasteiger partial charge in [-0.3, -0.25) is 18.5 Å². The van der Waals surface area contributed by atoms with Gasteiger partial charge in [-0.15, -0.1) is 0 Å². The number of rotatable bonds is 5. The fraction of sp³-hybridized carbons (Fsp3) is 0.467. The van der Waals surface area contributed by atoms with Crippen LogP contribution in [0.3, 0.4) is 0 Å². The average Bonchev–Trinajstić information content (AvgIpc) is 2.43. The van der Waals surface area contributed by atoms with Crippen molar-refractivity contribution in [2.24, 2.45) is 7.05 Å². The van der Waals surface area contributed by atoms with Gasteiger partial charge in [0, 0.05) is 35.9 Å². The van der Waals surface area contributed by atoms with Gasteiger partial charge in [-0.25, -0.2) is 4.98 Å². The topological polar surface area (TPSA) is 55.2 Å². The Hall–Kier alpha value is -1.53. The number of fused-ring (bicyclic) bond motifs is 1. The van der Waals surface area contributed by atoms with E-state index in [0.29, 0.717) is 17.7 Å². The summed E-state index contributed by atoms with van der Waals surface area (Å²) in [5.74, 6) is 1.33. The molecule has 6 heteroatoms. The van der Waals surface area contributed by atoms with Crippen molar-refractivity contribution in [3.05, 3.63) is 40.4 Å². The number of aromatic nitrogens is 2. The third-order valence-electron chi connectivity index (χ3n) is 3.69. The van der Waals surface area contributed by atoms with Gasteiger partial charge in [0.1, 0.15) is 5.82 Å². The van der Waals surface area contributed by atoms with Gasteiger partial charge in [-0.2, -0.15) is 0 Å². The predicted molar refractivity (Wildman–Crippen MR) is 86.8 cm³/mol. The summed E-state index contributed by atoms with van der Waals surface area (Å²) in [6.45, 7) is 2.58. The molecule has 0 saturated carbocycles. The molecule has 0 fully saturated rings. The molecule has 2 unspecified atom stereocenters. The molecule has 0 aliphatic heterocycles. The zero-order chi connectivity index (χ0) is 15.6. The van der Waals surface area contributed by atoms with Crippen molar-refractivity contribution in [1.29, 1.82) is 0 Å². The molecule has 1 heterocycles. The lowest BCUT2D eigenvalue weighted by atomic mass is 10.2. The first-order valence-electron chi connectivity index (χ1n) is 6.85. The van der Waals surface area contributed by atoms with E-state index in [1.807, 2.05) is 32.2 Å². The minimum atomic E-state index is -0.837. The fourth-order valence-electron chi connectivity index (χ4n) is 2.25. The lowest BCUT2D eigenvalue weighted by Crippen LogP contribution is -2.35. The largest absolute Gasteiger partial charge is 0.298 e. The zero-order valence-corrected chi connectivity index (χ0v) is 13.7. The van der Waals surface area contributed by atoms with Crippen molar-refractivity contribution in [3.63, 3.8) is 0 Å². The number of hydrogen-bond donors (Lipinski definition) is 0. The minimum absolute atomic E-state index is 0.0317. The van der Waals surface area contributed by atoms with Crippen LogP contribution in [0.25, 0.3) is 10.9 Å². The average molecular weight is 307 g/mol. The summed E-state index contributed by atoms with van der Waals surface area (Å²) in [5, 5.41) is 0.633. The highest BCUT2D eigenvalue weighted by molar-refractivity contribution is 7.84. The second kappa shape index (κ2) is 6.49. The Kier molecular flexibility index (Phi) is 4.90. The van der Waals surface area contributed by atoms with Gasteiger partial charge in [0.05, 0.1) is 17.4 Å². The maximum absolute atomic E-state index is 12.3. The number of nitrogens with zero attached hydrogens (tertiary/aromatic N) is 3. The SMILES string of the molecule is CC(CS(C)=O)N(C)Cc1nc2ccccc2c(=O)n1C. The Bertz CT molecular complexity index is 726. The van der Waals surface area contributed by atoms with Crippen LogP contribution in [0.5, 0.6) is 0 Å². The normalized spacial score (nSPS) is 14.5. The van der Waals surface area contributed by atoms with E-state index in [1.165, 1.54) is 0 Å². The molecule has 2 atom stereocenters. The van der Waals surface area contributed by atoms with Gasteiger partial charge in [0.25, 0.3) is 5.56 Å². The second-order valence-corrected chi connectivity index (χ2v) is 6.89. The third-order valence-corrected chi connectivity index (χ3v) is 4.65. The highest BCUT2D eigenvalue weighted by Crippen LogP contribution is 2.09.